The highest BCUT2D eigenvalue weighted by Crippen LogP contribution is 2.06. The van der Waals surface area contributed by atoms with Gasteiger partial charge in [-0.15, -0.1) is 6.42 Å². The van der Waals surface area contributed by atoms with E-state index < -0.39 is 0 Å². The summed E-state index contributed by atoms with van der Waals surface area (Å²) >= 11 is 0. The molecule has 16 heavy (non-hydrogen) atoms. The van der Waals surface area contributed by atoms with Gasteiger partial charge in [0.25, 0.3) is 0 Å². The lowest BCUT2D eigenvalue weighted by atomic mass is 10.2. The average molecular weight is 217 g/mol. The highest BCUT2D eigenvalue weighted by Gasteiger charge is 2.09. The van der Waals surface area contributed by atoms with Gasteiger partial charge in [0.2, 0.25) is 5.91 Å². The zero-order chi connectivity index (χ0) is 11.8. The minimum Gasteiger partial charge on any atom is -0.347 e. The number of hydrogen-bond donors (Lipinski definition) is 2. The fourth-order valence-corrected chi connectivity index (χ4v) is 1.25. The third kappa shape index (κ3) is 4.11. The minimum atomic E-state index is -0.0960. The Hall–Kier alpha value is -1.86. The molecule has 84 valence electrons. The summed E-state index contributed by atoms with van der Waals surface area (Å²) in [7, 11) is 0. The zero-order valence-corrected chi connectivity index (χ0v) is 9.23. The summed E-state index contributed by atoms with van der Waals surface area (Å²) in [6, 6.07) is 5.51. The first-order valence-corrected chi connectivity index (χ1v) is 5.08. The molecule has 1 atom stereocenters. The molecule has 1 heterocycles. The molecule has 0 radical (unpaired) electrons. The van der Waals surface area contributed by atoms with Crippen LogP contribution in [0.4, 0.5) is 0 Å². The number of aromatic nitrogens is 1. The normalized spacial score (nSPS) is 11.5. The summed E-state index contributed by atoms with van der Waals surface area (Å²) in [5.74, 6) is 2.32. The number of rotatable bonds is 5. The summed E-state index contributed by atoms with van der Waals surface area (Å²) < 4.78 is 0. The number of nitrogens with one attached hydrogen (secondary N) is 2. The van der Waals surface area contributed by atoms with Crippen LogP contribution in [0.2, 0.25) is 0 Å². The van der Waals surface area contributed by atoms with Crippen molar-refractivity contribution >= 4 is 5.91 Å². The van der Waals surface area contributed by atoms with Crippen LogP contribution >= 0.6 is 0 Å². The maximum absolute atomic E-state index is 11.4. The van der Waals surface area contributed by atoms with Gasteiger partial charge in [-0.2, -0.15) is 0 Å². The summed E-state index contributed by atoms with van der Waals surface area (Å²) in [5, 5.41) is 5.65. The third-order valence-corrected chi connectivity index (χ3v) is 2.02. The van der Waals surface area contributed by atoms with Crippen molar-refractivity contribution in [2.75, 3.05) is 13.1 Å². The van der Waals surface area contributed by atoms with Crippen molar-refractivity contribution in [2.45, 2.75) is 13.0 Å². The van der Waals surface area contributed by atoms with Crippen molar-refractivity contribution in [3.63, 3.8) is 0 Å². The lowest BCUT2D eigenvalue weighted by Gasteiger charge is -2.13. The smallest absolute Gasteiger partial charge is 0.234 e. The number of nitrogens with zero attached hydrogens (tertiary/aromatic N) is 1. The molecule has 0 saturated heterocycles. The fourth-order valence-electron chi connectivity index (χ4n) is 1.25. The van der Waals surface area contributed by atoms with Crippen molar-refractivity contribution in [1.29, 1.82) is 0 Å². The van der Waals surface area contributed by atoms with Gasteiger partial charge < -0.3 is 5.32 Å². The average Bonchev–Trinajstić information content (AvgIpc) is 2.30. The molecule has 1 aromatic rings. The second-order valence-corrected chi connectivity index (χ2v) is 3.35. The maximum atomic E-state index is 11.4. The number of terminal acetylenes is 1. The van der Waals surface area contributed by atoms with E-state index in [1.54, 1.807) is 6.20 Å². The zero-order valence-electron chi connectivity index (χ0n) is 9.23. The van der Waals surface area contributed by atoms with Crippen LogP contribution in [0.1, 0.15) is 18.7 Å². The Kier molecular flexibility index (Phi) is 5.03. The molecule has 1 amide bonds. The van der Waals surface area contributed by atoms with E-state index >= 15 is 0 Å². The van der Waals surface area contributed by atoms with Gasteiger partial charge in [0.1, 0.15) is 0 Å². The second kappa shape index (κ2) is 6.59. The molecule has 1 aromatic heterocycles. The van der Waals surface area contributed by atoms with E-state index in [4.69, 9.17) is 6.42 Å². The standard InChI is InChI=1S/C12H15N3O/c1-3-7-13-9-12(16)15-10(2)11-6-4-5-8-14-11/h1,4-6,8,10,13H,7,9H2,2H3,(H,15,16)/t10-/m1/s1. The summed E-state index contributed by atoms with van der Waals surface area (Å²) in [6.07, 6.45) is 6.76. The lowest BCUT2D eigenvalue weighted by Crippen LogP contribution is -2.35. The Balaban J connectivity index is 2.37. The molecule has 1 rings (SSSR count). The largest absolute Gasteiger partial charge is 0.347 e. The molecule has 0 saturated carbocycles. The molecular formula is C12H15N3O. The minimum absolute atomic E-state index is 0.0894. The van der Waals surface area contributed by atoms with Gasteiger partial charge in [0.05, 0.1) is 24.8 Å². The van der Waals surface area contributed by atoms with Gasteiger partial charge in [0, 0.05) is 6.20 Å². The first kappa shape index (κ1) is 12.2. The topological polar surface area (TPSA) is 54.0 Å². The molecule has 0 bridgehead atoms. The molecule has 4 heteroatoms. The Morgan fingerprint density at radius 3 is 3.06 bits per heavy atom. The lowest BCUT2D eigenvalue weighted by molar-refractivity contribution is -0.120. The van der Waals surface area contributed by atoms with E-state index in [1.807, 2.05) is 25.1 Å². The van der Waals surface area contributed by atoms with Crippen LogP contribution in [-0.4, -0.2) is 24.0 Å². The van der Waals surface area contributed by atoms with E-state index in [9.17, 15) is 4.79 Å². The predicted molar refractivity (Wildman–Crippen MR) is 62.5 cm³/mol. The van der Waals surface area contributed by atoms with Gasteiger partial charge >= 0.3 is 0 Å². The third-order valence-electron chi connectivity index (χ3n) is 2.02. The molecule has 0 unspecified atom stereocenters. The number of carbonyl (C=O) groups is 1. The van der Waals surface area contributed by atoms with E-state index in [0.717, 1.165) is 5.69 Å². The SMILES string of the molecule is C#CCNCC(=O)N[C@H](C)c1ccccn1. The van der Waals surface area contributed by atoms with Crippen LogP contribution < -0.4 is 10.6 Å². The molecular weight excluding hydrogens is 202 g/mol. The number of carbonyl (C=O) groups excluding carboxylic acids is 1. The second-order valence-electron chi connectivity index (χ2n) is 3.35. The summed E-state index contributed by atoms with van der Waals surface area (Å²) in [5.41, 5.74) is 0.841. The van der Waals surface area contributed by atoms with Crippen molar-refractivity contribution in [2.24, 2.45) is 0 Å². The number of hydrogen-bond acceptors (Lipinski definition) is 3. The van der Waals surface area contributed by atoms with E-state index in [-0.39, 0.29) is 18.5 Å². The van der Waals surface area contributed by atoms with Gasteiger partial charge in [-0.3, -0.25) is 15.1 Å². The van der Waals surface area contributed by atoms with Crippen molar-refractivity contribution in [3.05, 3.63) is 30.1 Å². The first-order chi connectivity index (χ1) is 7.74. The highest BCUT2D eigenvalue weighted by molar-refractivity contribution is 5.78. The molecule has 0 aromatic carbocycles. The maximum Gasteiger partial charge on any atom is 0.234 e. The van der Waals surface area contributed by atoms with Gasteiger partial charge in [0.15, 0.2) is 0 Å². The van der Waals surface area contributed by atoms with E-state index in [0.29, 0.717) is 6.54 Å². The monoisotopic (exact) mass is 217 g/mol. The quantitative estimate of drug-likeness (QED) is 0.557. The molecule has 0 aliphatic carbocycles. The first-order valence-electron chi connectivity index (χ1n) is 5.08. The van der Waals surface area contributed by atoms with Gasteiger partial charge in [-0.05, 0) is 19.1 Å². The van der Waals surface area contributed by atoms with Gasteiger partial charge in [-0.1, -0.05) is 12.0 Å². The fraction of sp³-hybridized carbons (Fsp3) is 0.333. The van der Waals surface area contributed by atoms with Crippen LogP contribution in [0, 0.1) is 12.3 Å². The Morgan fingerprint density at radius 2 is 2.44 bits per heavy atom. The van der Waals surface area contributed by atoms with Crippen LogP contribution in [0.5, 0.6) is 0 Å². The van der Waals surface area contributed by atoms with Crippen LogP contribution in [0.15, 0.2) is 24.4 Å². The van der Waals surface area contributed by atoms with Crippen LogP contribution in [-0.2, 0) is 4.79 Å². The van der Waals surface area contributed by atoms with Gasteiger partial charge in [-0.25, -0.2) is 0 Å². The molecule has 0 aliphatic rings. The number of amides is 1. The molecule has 0 fully saturated rings. The summed E-state index contributed by atoms with van der Waals surface area (Å²) in [4.78, 5) is 15.6. The highest BCUT2D eigenvalue weighted by atomic mass is 16.1. The molecule has 4 nitrogen and oxygen atoms in total. The molecule has 2 N–H and O–H groups in total. The Labute approximate surface area is 95.5 Å². The van der Waals surface area contributed by atoms with Crippen molar-refractivity contribution < 1.29 is 4.79 Å². The van der Waals surface area contributed by atoms with Crippen molar-refractivity contribution in [1.82, 2.24) is 15.6 Å². The van der Waals surface area contributed by atoms with Crippen LogP contribution in [0.3, 0.4) is 0 Å². The van der Waals surface area contributed by atoms with E-state index in [1.165, 1.54) is 0 Å². The summed E-state index contributed by atoms with van der Waals surface area (Å²) in [6.45, 7) is 2.51. The Bertz CT molecular complexity index is 370. The molecule has 0 spiro atoms. The van der Waals surface area contributed by atoms with Crippen molar-refractivity contribution in [3.8, 4) is 12.3 Å². The number of pyridine rings is 1. The predicted octanol–water partition coefficient (Wildman–Crippen LogP) is 0.482. The van der Waals surface area contributed by atoms with E-state index in [2.05, 4.69) is 21.5 Å². The molecule has 0 aliphatic heterocycles. The Morgan fingerprint density at radius 1 is 1.62 bits per heavy atom. The van der Waals surface area contributed by atoms with Crippen LogP contribution in [0.25, 0.3) is 0 Å².